The van der Waals surface area contributed by atoms with Gasteiger partial charge in [0.05, 0.1) is 0 Å². The van der Waals surface area contributed by atoms with E-state index in [1.807, 2.05) is 37.3 Å². The zero-order valence-electron chi connectivity index (χ0n) is 11.3. The van der Waals surface area contributed by atoms with E-state index in [0.717, 1.165) is 11.1 Å². The van der Waals surface area contributed by atoms with Gasteiger partial charge in [0.1, 0.15) is 5.82 Å². The number of amides is 1. The third kappa shape index (κ3) is 4.03. The lowest BCUT2D eigenvalue weighted by atomic mass is 10.1. The summed E-state index contributed by atoms with van der Waals surface area (Å²) in [5.41, 5.74) is 8.64. The molecular formula is C16H17N3O. The number of nitrogens with one attached hydrogen (secondary N) is 1. The van der Waals surface area contributed by atoms with Gasteiger partial charge < -0.3 is 11.1 Å². The molecule has 0 aliphatic carbocycles. The molecule has 2 rings (SSSR count). The number of benzene rings is 1. The van der Waals surface area contributed by atoms with E-state index < -0.39 is 0 Å². The molecule has 0 fully saturated rings. The molecule has 0 atom stereocenters. The van der Waals surface area contributed by atoms with Crippen LogP contribution in [0, 0.1) is 6.92 Å². The van der Waals surface area contributed by atoms with Gasteiger partial charge in [-0.3, -0.25) is 4.79 Å². The van der Waals surface area contributed by atoms with Crippen LogP contribution in [-0.4, -0.2) is 10.9 Å². The highest BCUT2D eigenvalue weighted by molar-refractivity contribution is 6.01. The molecule has 0 aliphatic rings. The van der Waals surface area contributed by atoms with E-state index in [0.29, 0.717) is 12.4 Å². The zero-order valence-corrected chi connectivity index (χ0v) is 11.3. The number of hydrogen-bond acceptors (Lipinski definition) is 3. The van der Waals surface area contributed by atoms with Crippen LogP contribution in [0.4, 0.5) is 5.82 Å². The number of hydrogen-bond donors (Lipinski definition) is 2. The van der Waals surface area contributed by atoms with Crippen molar-refractivity contribution in [2.45, 2.75) is 13.5 Å². The molecule has 1 amide bonds. The highest BCUT2D eigenvalue weighted by Gasteiger charge is 2.00. The van der Waals surface area contributed by atoms with Crippen LogP contribution in [0.15, 0.2) is 48.7 Å². The van der Waals surface area contributed by atoms with Gasteiger partial charge in [-0.05, 0) is 36.3 Å². The molecule has 3 N–H and O–H groups in total. The average Bonchev–Trinajstić information content (AvgIpc) is 2.47. The molecule has 0 radical (unpaired) electrons. The molecule has 2 aromatic rings. The molecule has 20 heavy (non-hydrogen) atoms. The van der Waals surface area contributed by atoms with Gasteiger partial charge in [0.15, 0.2) is 0 Å². The SMILES string of the molecule is Cc1ccc(/C=C/C(=O)Nc2cc(CN)ccn2)cc1. The smallest absolute Gasteiger partial charge is 0.249 e. The Labute approximate surface area is 118 Å². The first-order chi connectivity index (χ1) is 9.67. The number of aryl methyl sites for hydroxylation is 1. The van der Waals surface area contributed by atoms with Crippen molar-refractivity contribution in [2.24, 2.45) is 5.73 Å². The summed E-state index contributed by atoms with van der Waals surface area (Å²) in [4.78, 5) is 15.9. The number of pyridine rings is 1. The number of carbonyl (C=O) groups is 1. The Kier molecular flexibility index (Phi) is 4.63. The minimum Gasteiger partial charge on any atom is -0.326 e. The van der Waals surface area contributed by atoms with Gasteiger partial charge in [0.25, 0.3) is 0 Å². The molecule has 0 saturated heterocycles. The maximum atomic E-state index is 11.8. The highest BCUT2D eigenvalue weighted by atomic mass is 16.1. The highest BCUT2D eigenvalue weighted by Crippen LogP contribution is 2.07. The molecule has 0 unspecified atom stereocenters. The van der Waals surface area contributed by atoms with E-state index in [-0.39, 0.29) is 5.91 Å². The number of carbonyl (C=O) groups excluding carboxylic acids is 1. The predicted molar refractivity (Wildman–Crippen MR) is 81.0 cm³/mol. The van der Waals surface area contributed by atoms with Crippen molar-refractivity contribution in [1.29, 1.82) is 0 Å². The van der Waals surface area contributed by atoms with E-state index in [9.17, 15) is 4.79 Å². The third-order valence-electron chi connectivity index (χ3n) is 2.82. The van der Waals surface area contributed by atoms with Crippen LogP contribution in [0.3, 0.4) is 0 Å². The topological polar surface area (TPSA) is 68.0 Å². The lowest BCUT2D eigenvalue weighted by Gasteiger charge is -2.03. The quantitative estimate of drug-likeness (QED) is 0.836. The Morgan fingerprint density at radius 1 is 1.30 bits per heavy atom. The van der Waals surface area contributed by atoms with Gasteiger partial charge in [0, 0.05) is 18.8 Å². The average molecular weight is 267 g/mol. The van der Waals surface area contributed by atoms with Crippen LogP contribution in [0.1, 0.15) is 16.7 Å². The van der Waals surface area contributed by atoms with E-state index in [4.69, 9.17) is 5.73 Å². The lowest BCUT2D eigenvalue weighted by molar-refractivity contribution is -0.111. The monoisotopic (exact) mass is 267 g/mol. The van der Waals surface area contributed by atoms with Gasteiger partial charge in [-0.2, -0.15) is 0 Å². The molecule has 0 spiro atoms. The Bertz CT molecular complexity index is 618. The minimum absolute atomic E-state index is 0.216. The van der Waals surface area contributed by atoms with Gasteiger partial charge in [-0.25, -0.2) is 4.98 Å². The molecule has 0 aliphatic heterocycles. The largest absolute Gasteiger partial charge is 0.326 e. The van der Waals surface area contributed by atoms with Crippen LogP contribution in [0.5, 0.6) is 0 Å². The first-order valence-electron chi connectivity index (χ1n) is 6.38. The molecule has 4 nitrogen and oxygen atoms in total. The summed E-state index contributed by atoms with van der Waals surface area (Å²) in [6.07, 6.45) is 4.88. The van der Waals surface area contributed by atoms with Gasteiger partial charge in [0.2, 0.25) is 5.91 Å². The van der Waals surface area contributed by atoms with Crippen LogP contribution in [0.25, 0.3) is 6.08 Å². The molecular weight excluding hydrogens is 250 g/mol. The normalized spacial score (nSPS) is 10.7. The molecule has 1 heterocycles. The number of anilines is 1. The molecule has 0 bridgehead atoms. The summed E-state index contributed by atoms with van der Waals surface area (Å²) in [5.74, 6) is 0.291. The Morgan fingerprint density at radius 2 is 2.05 bits per heavy atom. The second-order valence-electron chi connectivity index (χ2n) is 4.49. The van der Waals surface area contributed by atoms with E-state index >= 15 is 0 Å². The summed E-state index contributed by atoms with van der Waals surface area (Å²) in [5, 5.41) is 2.71. The number of aromatic nitrogens is 1. The Hall–Kier alpha value is -2.46. The van der Waals surface area contributed by atoms with Crippen molar-refractivity contribution in [3.05, 3.63) is 65.4 Å². The van der Waals surface area contributed by atoms with Crippen LogP contribution in [0.2, 0.25) is 0 Å². The number of nitrogens with zero attached hydrogens (tertiary/aromatic N) is 1. The fourth-order valence-electron chi connectivity index (χ4n) is 1.69. The van der Waals surface area contributed by atoms with Crippen molar-refractivity contribution in [3.8, 4) is 0 Å². The summed E-state index contributed by atoms with van der Waals surface area (Å²) >= 11 is 0. The van der Waals surface area contributed by atoms with Crippen molar-refractivity contribution in [2.75, 3.05) is 5.32 Å². The van der Waals surface area contributed by atoms with E-state index in [1.165, 1.54) is 11.6 Å². The lowest BCUT2D eigenvalue weighted by Crippen LogP contribution is -2.09. The molecule has 102 valence electrons. The minimum atomic E-state index is -0.216. The molecule has 0 saturated carbocycles. The molecule has 1 aromatic heterocycles. The summed E-state index contributed by atoms with van der Waals surface area (Å²) in [7, 11) is 0. The third-order valence-corrected chi connectivity index (χ3v) is 2.82. The van der Waals surface area contributed by atoms with E-state index in [2.05, 4.69) is 10.3 Å². The maximum absolute atomic E-state index is 11.8. The predicted octanol–water partition coefficient (Wildman–Crippen LogP) is 2.50. The van der Waals surface area contributed by atoms with Gasteiger partial charge in [-0.1, -0.05) is 29.8 Å². The second kappa shape index (κ2) is 6.63. The van der Waals surface area contributed by atoms with Crippen LogP contribution in [-0.2, 0) is 11.3 Å². The second-order valence-corrected chi connectivity index (χ2v) is 4.49. The van der Waals surface area contributed by atoms with E-state index in [1.54, 1.807) is 18.3 Å². The van der Waals surface area contributed by atoms with Gasteiger partial charge >= 0.3 is 0 Å². The Balaban J connectivity index is 1.99. The zero-order chi connectivity index (χ0) is 14.4. The number of nitrogens with two attached hydrogens (primary N) is 1. The summed E-state index contributed by atoms with van der Waals surface area (Å²) in [6, 6.07) is 11.5. The van der Waals surface area contributed by atoms with Crippen molar-refractivity contribution < 1.29 is 4.79 Å². The van der Waals surface area contributed by atoms with Crippen LogP contribution >= 0.6 is 0 Å². The number of rotatable bonds is 4. The molecule has 4 heteroatoms. The first-order valence-corrected chi connectivity index (χ1v) is 6.38. The maximum Gasteiger partial charge on any atom is 0.249 e. The Morgan fingerprint density at radius 3 is 2.75 bits per heavy atom. The van der Waals surface area contributed by atoms with Gasteiger partial charge in [-0.15, -0.1) is 0 Å². The van der Waals surface area contributed by atoms with Crippen LogP contribution < -0.4 is 11.1 Å². The van der Waals surface area contributed by atoms with Crippen molar-refractivity contribution in [3.63, 3.8) is 0 Å². The summed E-state index contributed by atoms with van der Waals surface area (Å²) < 4.78 is 0. The summed E-state index contributed by atoms with van der Waals surface area (Å²) in [6.45, 7) is 2.45. The first kappa shape index (κ1) is 14.0. The standard InChI is InChI=1S/C16H17N3O/c1-12-2-4-13(5-3-12)6-7-16(20)19-15-10-14(11-17)8-9-18-15/h2-10H,11,17H2,1H3,(H,18,19,20)/b7-6+. The molecule has 1 aromatic carbocycles. The fourth-order valence-corrected chi connectivity index (χ4v) is 1.69. The van der Waals surface area contributed by atoms with Crippen molar-refractivity contribution >= 4 is 17.8 Å². The van der Waals surface area contributed by atoms with Crippen molar-refractivity contribution in [1.82, 2.24) is 4.98 Å². The fraction of sp³-hybridized carbons (Fsp3) is 0.125.